The molecule has 1 aliphatic heterocycles. The third-order valence-corrected chi connectivity index (χ3v) is 4.46. The lowest BCUT2D eigenvalue weighted by molar-refractivity contribution is 0.0936. The molecule has 1 fully saturated rings. The molecule has 0 radical (unpaired) electrons. The topological polar surface area (TPSA) is 76.1 Å². The van der Waals surface area contributed by atoms with Crippen molar-refractivity contribution < 1.29 is 13.2 Å². The summed E-state index contributed by atoms with van der Waals surface area (Å²) in [7, 11) is -2.97. The van der Waals surface area contributed by atoms with E-state index in [0.29, 0.717) is 12.1 Å². The number of carbonyl (C=O) groups excluding carboxylic acids is 1. The van der Waals surface area contributed by atoms with Gasteiger partial charge in [-0.1, -0.05) is 6.07 Å². The third-order valence-electron chi connectivity index (χ3n) is 2.69. The van der Waals surface area contributed by atoms with E-state index in [1.165, 1.54) is 0 Å². The molecule has 6 heteroatoms. The molecule has 0 bridgehead atoms. The van der Waals surface area contributed by atoms with Gasteiger partial charge in [0.1, 0.15) is 5.69 Å². The van der Waals surface area contributed by atoms with Crippen LogP contribution < -0.4 is 5.32 Å². The summed E-state index contributed by atoms with van der Waals surface area (Å²) in [6.45, 7) is 1.80. The van der Waals surface area contributed by atoms with Gasteiger partial charge in [-0.05, 0) is 25.5 Å². The van der Waals surface area contributed by atoms with Gasteiger partial charge in [-0.25, -0.2) is 13.4 Å². The molecule has 2 heterocycles. The number of amides is 1. The fourth-order valence-electron chi connectivity index (χ4n) is 1.84. The summed E-state index contributed by atoms with van der Waals surface area (Å²) in [5.74, 6) is -0.125. The van der Waals surface area contributed by atoms with Crippen molar-refractivity contribution in [3.8, 4) is 0 Å². The first kappa shape index (κ1) is 12.0. The standard InChI is InChI=1S/C11H14N2O3S/c1-8-3-2-4-10(12-8)11(14)13-9-5-6-17(15,16)7-9/h2-4,9H,5-7H2,1H3,(H,13,14)/t9-/m0/s1. The Morgan fingerprint density at radius 2 is 2.24 bits per heavy atom. The fraction of sp³-hybridized carbons (Fsp3) is 0.455. The molecule has 1 saturated heterocycles. The lowest BCUT2D eigenvalue weighted by Crippen LogP contribution is -2.36. The van der Waals surface area contributed by atoms with Gasteiger partial charge in [-0.2, -0.15) is 0 Å². The number of nitrogens with one attached hydrogen (secondary N) is 1. The van der Waals surface area contributed by atoms with Crippen LogP contribution in [-0.2, 0) is 9.84 Å². The Kier molecular flexibility index (Phi) is 3.15. The molecule has 1 amide bonds. The first-order chi connectivity index (χ1) is 7.96. The summed E-state index contributed by atoms with van der Waals surface area (Å²) in [4.78, 5) is 15.9. The number of rotatable bonds is 2. The average molecular weight is 254 g/mol. The van der Waals surface area contributed by atoms with Crippen molar-refractivity contribution in [2.24, 2.45) is 0 Å². The van der Waals surface area contributed by atoms with Gasteiger partial charge in [0.15, 0.2) is 9.84 Å². The van der Waals surface area contributed by atoms with E-state index in [1.54, 1.807) is 25.1 Å². The molecule has 1 atom stereocenters. The van der Waals surface area contributed by atoms with Crippen LogP contribution in [0.2, 0.25) is 0 Å². The maximum Gasteiger partial charge on any atom is 0.270 e. The van der Waals surface area contributed by atoms with E-state index >= 15 is 0 Å². The predicted molar refractivity (Wildman–Crippen MR) is 63.5 cm³/mol. The maximum atomic E-state index is 11.8. The monoisotopic (exact) mass is 254 g/mol. The summed E-state index contributed by atoms with van der Waals surface area (Å²) < 4.78 is 22.5. The van der Waals surface area contributed by atoms with E-state index in [2.05, 4.69) is 10.3 Å². The Labute approximate surface area is 100 Å². The number of hydrogen-bond acceptors (Lipinski definition) is 4. The smallest absolute Gasteiger partial charge is 0.270 e. The van der Waals surface area contributed by atoms with Gasteiger partial charge in [-0.3, -0.25) is 4.79 Å². The molecule has 1 aromatic heterocycles. The minimum absolute atomic E-state index is 0.0323. The van der Waals surface area contributed by atoms with E-state index in [-0.39, 0.29) is 23.5 Å². The quantitative estimate of drug-likeness (QED) is 0.824. The van der Waals surface area contributed by atoms with Crippen LogP contribution in [0.1, 0.15) is 22.6 Å². The van der Waals surface area contributed by atoms with Crippen molar-refractivity contribution in [1.82, 2.24) is 10.3 Å². The Hall–Kier alpha value is -1.43. The largest absolute Gasteiger partial charge is 0.347 e. The van der Waals surface area contributed by atoms with Crippen LogP contribution in [-0.4, -0.2) is 36.9 Å². The fourth-order valence-corrected chi connectivity index (χ4v) is 3.51. The lowest BCUT2D eigenvalue weighted by atomic mass is 10.2. The minimum atomic E-state index is -2.97. The number of pyridine rings is 1. The molecule has 1 aliphatic rings. The van der Waals surface area contributed by atoms with E-state index in [1.807, 2.05) is 0 Å². The van der Waals surface area contributed by atoms with E-state index < -0.39 is 9.84 Å². The van der Waals surface area contributed by atoms with Gasteiger partial charge < -0.3 is 5.32 Å². The molecule has 2 rings (SSSR count). The zero-order valence-electron chi connectivity index (χ0n) is 9.51. The molecule has 5 nitrogen and oxygen atoms in total. The van der Waals surface area contributed by atoms with Crippen molar-refractivity contribution in [3.05, 3.63) is 29.6 Å². The van der Waals surface area contributed by atoms with Crippen LogP contribution >= 0.6 is 0 Å². The van der Waals surface area contributed by atoms with Crippen LogP contribution in [0.15, 0.2) is 18.2 Å². The first-order valence-corrected chi connectivity index (χ1v) is 7.23. The van der Waals surface area contributed by atoms with Crippen molar-refractivity contribution in [2.45, 2.75) is 19.4 Å². The number of carbonyl (C=O) groups is 1. The normalized spacial score (nSPS) is 22.3. The molecule has 1 aromatic rings. The van der Waals surface area contributed by atoms with Crippen LogP contribution in [0, 0.1) is 6.92 Å². The number of hydrogen-bond donors (Lipinski definition) is 1. The van der Waals surface area contributed by atoms with Crippen molar-refractivity contribution in [3.63, 3.8) is 0 Å². The summed E-state index contributed by atoms with van der Waals surface area (Å²) >= 11 is 0. The van der Waals surface area contributed by atoms with Crippen molar-refractivity contribution in [2.75, 3.05) is 11.5 Å². The van der Waals surface area contributed by atoms with E-state index in [0.717, 1.165) is 5.69 Å². The summed E-state index contributed by atoms with van der Waals surface area (Å²) in [6, 6.07) is 4.89. The molecule has 0 spiro atoms. The summed E-state index contributed by atoms with van der Waals surface area (Å²) in [5, 5.41) is 2.70. The molecule has 0 aromatic carbocycles. The molecular formula is C11H14N2O3S. The highest BCUT2D eigenvalue weighted by Crippen LogP contribution is 2.11. The van der Waals surface area contributed by atoms with Gasteiger partial charge in [0.25, 0.3) is 5.91 Å². The summed E-state index contributed by atoms with van der Waals surface area (Å²) in [5.41, 5.74) is 1.09. The molecular weight excluding hydrogens is 240 g/mol. The van der Waals surface area contributed by atoms with Crippen LogP contribution in [0.5, 0.6) is 0 Å². The average Bonchev–Trinajstić information content (AvgIpc) is 2.58. The Morgan fingerprint density at radius 3 is 2.82 bits per heavy atom. The number of sulfone groups is 1. The Balaban J connectivity index is 2.03. The molecule has 92 valence electrons. The van der Waals surface area contributed by atoms with Gasteiger partial charge in [0, 0.05) is 11.7 Å². The van der Waals surface area contributed by atoms with Gasteiger partial charge in [0.2, 0.25) is 0 Å². The summed E-state index contributed by atoms with van der Waals surface area (Å²) in [6.07, 6.45) is 0.486. The SMILES string of the molecule is Cc1cccc(C(=O)N[C@H]2CCS(=O)(=O)C2)n1. The first-order valence-electron chi connectivity index (χ1n) is 5.41. The zero-order chi connectivity index (χ0) is 12.5. The Bertz CT molecular complexity index is 539. The van der Waals surface area contributed by atoms with Crippen LogP contribution in [0.4, 0.5) is 0 Å². The van der Waals surface area contributed by atoms with Gasteiger partial charge in [0.05, 0.1) is 11.5 Å². The molecule has 1 N–H and O–H groups in total. The van der Waals surface area contributed by atoms with Crippen LogP contribution in [0.3, 0.4) is 0 Å². The second-order valence-electron chi connectivity index (χ2n) is 4.24. The van der Waals surface area contributed by atoms with Crippen LogP contribution in [0.25, 0.3) is 0 Å². The molecule has 0 unspecified atom stereocenters. The predicted octanol–water partition coefficient (Wildman–Crippen LogP) is 0.307. The Morgan fingerprint density at radius 1 is 1.47 bits per heavy atom. The number of aryl methyl sites for hydroxylation is 1. The van der Waals surface area contributed by atoms with Gasteiger partial charge >= 0.3 is 0 Å². The number of aromatic nitrogens is 1. The minimum Gasteiger partial charge on any atom is -0.347 e. The second-order valence-corrected chi connectivity index (χ2v) is 6.47. The molecule has 0 aliphatic carbocycles. The maximum absolute atomic E-state index is 11.8. The highest BCUT2D eigenvalue weighted by atomic mass is 32.2. The van der Waals surface area contributed by atoms with Gasteiger partial charge in [-0.15, -0.1) is 0 Å². The van der Waals surface area contributed by atoms with Crippen molar-refractivity contribution >= 4 is 15.7 Å². The third kappa shape index (κ3) is 3.03. The lowest BCUT2D eigenvalue weighted by Gasteiger charge is -2.10. The molecule has 0 saturated carbocycles. The van der Waals surface area contributed by atoms with E-state index in [4.69, 9.17) is 0 Å². The number of nitrogens with zero attached hydrogens (tertiary/aromatic N) is 1. The van der Waals surface area contributed by atoms with E-state index in [9.17, 15) is 13.2 Å². The highest BCUT2D eigenvalue weighted by molar-refractivity contribution is 7.91. The zero-order valence-corrected chi connectivity index (χ0v) is 10.3. The second kappa shape index (κ2) is 4.44. The van der Waals surface area contributed by atoms with Crippen molar-refractivity contribution in [1.29, 1.82) is 0 Å². The molecule has 17 heavy (non-hydrogen) atoms. The highest BCUT2D eigenvalue weighted by Gasteiger charge is 2.29.